The molecule has 0 aliphatic heterocycles. The lowest BCUT2D eigenvalue weighted by Gasteiger charge is -2.15. The van der Waals surface area contributed by atoms with Gasteiger partial charge in [-0.15, -0.1) is 0 Å². The summed E-state index contributed by atoms with van der Waals surface area (Å²) < 4.78 is 15.4. The van der Waals surface area contributed by atoms with Gasteiger partial charge in [0.2, 0.25) is 0 Å². The third-order valence-electron chi connectivity index (χ3n) is 3.14. The van der Waals surface area contributed by atoms with Gasteiger partial charge in [-0.3, -0.25) is 0 Å². The van der Waals surface area contributed by atoms with Crippen molar-refractivity contribution in [3.05, 3.63) is 35.3 Å². The van der Waals surface area contributed by atoms with Crippen LogP contribution in [0.25, 0.3) is 0 Å². The molecule has 1 heterocycles. The summed E-state index contributed by atoms with van der Waals surface area (Å²) in [5.41, 5.74) is 8.67. The number of nitrogens with two attached hydrogens (primary N) is 1. The number of anilines is 3. The summed E-state index contributed by atoms with van der Waals surface area (Å²) in [6.45, 7) is 7.64. The molecule has 102 valence electrons. The highest BCUT2D eigenvalue weighted by molar-refractivity contribution is 5.72. The fourth-order valence-corrected chi connectivity index (χ4v) is 1.93. The van der Waals surface area contributed by atoms with Crippen LogP contribution < -0.4 is 11.1 Å². The number of nitrogens with one attached hydrogen (secondary N) is 1. The molecule has 2 rings (SSSR count). The molecule has 19 heavy (non-hydrogen) atoms. The van der Waals surface area contributed by atoms with E-state index in [0.717, 1.165) is 5.69 Å². The van der Waals surface area contributed by atoms with Crippen LogP contribution in [0.5, 0.6) is 0 Å². The first-order valence-corrected chi connectivity index (χ1v) is 6.28. The van der Waals surface area contributed by atoms with Gasteiger partial charge in [0.25, 0.3) is 0 Å². The van der Waals surface area contributed by atoms with E-state index in [1.165, 1.54) is 6.07 Å². The SMILES string of the molecule is Cc1nn(C(C)C)c(Nc2cccc(F)c2C)c1N. The lowest BCUT2D eigenvalue weighted by molar-refractivity contribution is 0.536. The number of nitrogens with zero attached hydrogens (tertiary/aromatic N) is 2. The second-order valence-electron chi connectivity index (χ2n) is 4.92. The molecule has 0 atom stereocenters. The molecule has 0 radical (unpaired) electrons. The van der Waals surface area contributed by atoms with Crippen molar-refractivity contribution in [2.45, 2.75) is 33.7 Å². The fourth-order valence-electron chi connectivity index (χ4n) is 1.93. The molecule has 0 aliphatic rings. The monoisotopic (exact) mass is 262 g/mol. The second-order valence-corrected chi connectivity index (χ2v) is 4.92. The van der Waals surface area contributed by atoms with E-state index >= 15 is 0 Å². The van der Waals surface area contributed by atoms with Gasteiger partial charge in [0.15, 0.2) is 5.82 Å². The highest BCUT2D eigenvalue weighted by Crippen LogP contribution is 2.30. The predicted octanol–water partition coefficient (Wildman–Crippen LogP) is 3.55. The molecular formula is C14H19FN4. The number of aromatic nitrogens is 2. The lowest BCUT2D eigenvalue weighted by Crippen LogP contribution is -2.09. The van der Waals surface area contributed by atoms with Crippen LogP contribution in [0.3, 0.4) is 0 Å². The molecule has 0 aliphatic carbocycles. The lowest BCUT2D eigenvalue weighted by atomic mass is 10.2. The minimum absolute atomic E-state index is 0.173. The van der Waals surface area contributed by atoms with Crippen molar-refractivity contribution >= 4 is 17.2 Å². The molecule has 1 aromatic heterocycles. The quantitative estimate of drug-likeness (QED) is 0.889. The average Bonchev–Trinajstić information content (AvgIpc) is 2.63. The van der Waals surface area contributed by atoms with Gasteiger partial charge in [0.05, 0.1) is 11.4 Å². The molecule has 0 saturated heterocycles. The molecule has 3 N–H and O–H groups in total. The number of benzene rings is 1. The number of hydrogen-bond donors (Lipinski definition) is 2. The maximum atomic E-state index is 13.6. The third-order valence-corrected chi connectivity index (χ3v) is 3.14. The smallest absolute Gasteiger partial charge is 0.152 e. The highest BCUT2D eigenvalue weighted by Gasteiger charge is 2.16. The number of nitrogen functional groups attached to an aromatic ring is 1. The van der Waals surface area contributed by atoms with Crippen molar-refractivity contribution in [2.24, 2.45) is 0 Å². The Balaban J connectivity index is 2.46. The molecule has 0 saturated carbocycles. The van der Waals surface area contributed by atoms with Crippen LogP contribution in [0.15, 0.2) is 18.2 Å². The van der Waals surface area contributed by atoms with E-state index in [9.17, 15) is 4.39 Å². The first kappa shape index (κ1) is 13.4. The molecule has 1 aromatic carbocycles. The molecule has 0 spiro atoms. The Morgan fingerprint density at radius 1 is 1.32 bits per heavy atom. The fraction of sp³-hybridized carbons (Fsp3) is 0.357. The summed E-state index contributed by atoms with van der Waals surface area (Å²) in [5.74, 6) is 0.470. The van der Waals surface area contributed by atoms with Crippen molar-refractivity contribution in [1.82, 2.24) is 9.78 Å². The minimum Gasteiger partial charge on any atom is -0.394 e. The Morgan fingerprint density at radius 2 is 2.00 bits per heavy atom. The Kier molecular flexibility index (Phi) is 3.46. The van der Waals surface area contributed by atoms with Gasteiger partial charge in [-0.2, -0.15) is 5.10 Å². The summed E-state index contributed by atoms with van der Waals surface area (Å²) in [7, 11) is 0. The Bertz CT molecular complexity index is 602. The summed E-state index contributed by atoms with van der Waals surface area (Å²) >= 11 is 0. The molecule has 4 nitrogen and oxygen atoms in total. The van der Waals surface area contributed by atoms with E-state index in [1.54, 1.807) is 13.0 Å². The zero-order chi connectivity index (χ0) is 14.2. The summed E-state index contributed by atoms with van der Waals surface area (Å²) in [5, 5.41) is 7.58. The van der Waals surface area contributed by atoms with Crippen molar-refractivity contribution in [3.8, 4) is 0 Å². The van der Waals surface area contributed by atoms with Crippen LogP contribution in [0.1, 0.15) is 31.1 Å². The third kappa shape index (κ3) is 2.41. The molecule has 5 heteroatoms. The maximum absolute atomic E-state index is 13.6. The van der Waals surface area contributed by atoms with E-state index in [-0.39, 0.29) is 11.9 Å². The average molecular weight is 262 g/mol. The van der Waals surface area contributed by atoms with Gasteiger partial charge in [0.1, 0.15) is 5.82 Å². The molecule has 0 amide bonds. The van der Waals surface area contributed by atoms with Gasteiger partial charge in [-0.25, -0.2) is 9.07 Å². The van der Waals surface area contributed by atoms with E-state index in [2.05, 4.69) is 10.4 Å². The van der Waals surface area contributed by atoms with E-state index in [1.807, 2.05) is 31.5 Å². The molecule has 0 bridgehead atoms. The largest absolute Gasteiger partial charge is 0.394 e. The standard InChI is InChI=1S/C14H19FN4/c1-8(2)19-14(13(16)10(4)18-19)17-12-7-5-6-11(15)9(12)3/h5-8,17H,16H2,1-4H3. The summed E-state index contributed by atoms with van der Waals surface area (Å²) in [4.78, 5) is 0. The first-order chi connectivity index (χ1) is 8.91. The van der Waals surface area contributed by atoms with Gasteiger partial charge in [-0.1, -0.05) is 6.07 Å². The number of aryl methyl sites for hydroxylation is 1. The van der Waals surface area contributed by atoms with E-state index in [0.29, 0.717) is 22.8 Å². The van der Waals surface area contributed by atoms with Gasteiger partial charge >= 0.3 is 0 Å². The topological polar surface area (TPSA) is 55.9 Å². The van der Waals surface area contributed by atoms with Gasteiger partial charge < -0.3 is 11.1 Å². The normalized spacial score (nSPS) is 11.1. The van der Waals surface area contributed by atoms with Crippen LogP contribution in [-0.4, -0.2) is 9.78 Å². The van der Waals surface area contributed by atoms with Crippen molar-refractivity contribution in [2.75, 3.05) is 11.1 Å². The molecule has 0 fully saturated rings. The number of halogens is 1. The Morgan fingerprint density at radius 3 is 2.63 bits per heavy atom. The molecule has 2 aromatic rings. The maximum Gasteiger partial charge on any atom is 0.152 e. The van der Waals surface area contributed by atoms with Crippen molar-refractivity contribution in [1.29, 1.82) is 0 Å². The van der Waals surface area contributed by atoms with Crippen LogP contribution in [0.4, 0.5) is 21.6 Å². The summed E-state index contributed by atoms with van der Waals surface area (Å²) in [6, 6.07) is 5.11. The van der Waals surface area contributed by atoms with Crippen molar-refractivity contribution in [3.63, 3.8) is 0 Å². The summed E-state index contributed by atoms with van der Waals surface area (Å²) in [6.07, 6.45) is 0. The molecular weight excluding hydrogens is 243 g/mol. The first-order valence-electron chi connectivity index (χ1n) is 6.28. The minimum atomic E-state index is -0.240. The van der Waals surface area contributed by atoms with Crippen LogP contribution in [0, 0.1) is 19.7 Å². The van der Waals surface area contributed by atoms with Gasteiger partial charge in [0, 0.05) is 17.3 Å². The zero-order valence-electron chi connectivity index (χ0n) is 11.7. The number of hydrogen-bond acceptors (Lipinski definition) is 3. The second kappa shape index (κ2) is 4.91. The Hall–Kier alpha value is -2.04. The Labute approximate surface area is 112 Å². The van der Waals surface area contributed by atoms with Gasteiger partial charge in [-0.05, 0) is 39.8 Å². The van der Waals surface area contributed by atoms with Crippen LogP contribution in [0.2, 0.25) is 0 Å². The zero-order valence-corrected chi connectivity index (χ0v) is 11.7. The number of rotatable bonds is 3. The predicted molar refractivity (Wildman–Crippen MR) is 76.2 cm³/mol. The van der Waals surface area contributed by atoms with Crippen molar-refractivity contribution < 1.29 is 4.39 Å². The van der Waals surface area contributed by atoms with Crippen LogP contribution in [-0.2, 0) is 0 Å². The molecule has 0 unspecified atom stereocenters. The highest BCUT2D eigenvalue weighted by atomic mass is 19.1. The van der Waals surface area contributed by atoms with E-state index < -0.39 is 0 Å². The van der Waals surface area contributed by atoms with E-state index in [4.69, 9.17) is 5.73 Å². The van der Waals surface area contributed by atoms with Crippen LogP contribution >= 0.6 is 0 Å².